The van der Waals surface area contributed by atoms with E-state index in [1.807, 2.05) is 0 Å². The molecule has 0 amide bonds. The minimum Gasteiger partial charge on any atom is -0.0871 e. The highest BCUT2D eigenvalue weighted by molar-refractivity contribution is 5.49. The molecule has 3 unspecified atom stereocenters. The predicted molar refractivity (Wildman–Crippen MR) is 111 cm³/mol. The molecule has 138 valence electrons. The van der Waals surface area contributed by atoms with E-state index >= 15 is 0 Å². The average molecular weight is 339 g/mol. The van der Waals surface area contributed by atoms with Crippen LogP contribution < -0.4 is 0 Å². The van der Waals surface area contributed by atoms with Crippen LogP contribution in [0.4, 0.5) is 0 Å². The summed E-state index contributed by atoms with van der Waals surface area (Å²) in [6.45, 7) is 6.96. The van der Waals surface area contributed by atoms with Crippen molar-refractivity contribution in [2.75, 3.05) is 0 Å². The van der Waals surface area contributed by atoms with Gasteiger partial charge >= 0.3 is 0 Å². The zero-order valence-corrected chi connectivity index (χ0v) is 16.7. The fourth-order valence-corrected chi connectivity index (χ4v) is 5.65. The second-order valence-corrected chi connectivity index (χ2v) is 8.88. The Labute approximate surface area is 156 Å². The van der Waals surface area contributed by atoms with Gasteiger partial charge in [0.25, 0.3) is 0 Å². The minimum absolute atomic E-state index is 0.810. The summed E-state index contributed by atoms with van der Waals surface area (Å²) in [5.41, 5.74) is 2.91. The zero-order chi connectivity index (χ0) is 17.6. The lowest BCUT2D eigenvalue weighted by atomic mass is 9.65. The molecule has 0 N–H and O–H groups in total. The number of rotatable bonds is 5. The Balaban J connectivity index is 1.53. The van der Waals surface area contributed by atoms with E-state index in [0.717, 1.165) is 29.6 Å². The lowest BCUT2D eigenvalue weighted by Gasteiger charge is -2.41. The molecule has 0 radical (unpaired) electrons. The van der Waals surface area contributed by atoms with Gasteiger partial charge < -0.3 is 0 Å². The summed E-state index contributed by atoms with van der Waals surface area (Å²) in [6.07, 6.45) is 17.4. The molecule has 2 aliphatic carbocycles. The van der Waals surface area contributed by atoms with E-state index in [-0.39, 0.29) is 0 Å². The third-order valence-electron chi connectivity index (χ3n) is 7.27. The van der Waals surface area contributed by atoms with Gasteiger partial charge in [-0.25, -0.2) is 0 Å². The fraction of sp³-hybridized carbons (Fsp3) is 0.680. The fourth-order valence-electron chi connectivity index (χ4n) is 5.65. The molecule has 0 aromatic heterocycles. The van der Waals surface area contributed by atoms with Gasteiger partial charge in [-0.1, -0.05) is 69.5 Å². The molecule has 0 saturated heterocycles. The van der Waals surface area contributed by atoms with E-state index in [2.05, 4.69) is 57.2 Å². The molecular weight excluding hydrogens is 300 g/mol. The smallest absolute Gasteiger partial charge is 0.0162 e. The zero-order valence-electron chi connectivity index (χ0n) is 16.7. The van der Waals surface area contributed by atoms with Crippen molar-refractivity contribution in [2.24, 2.45) is 23.7 Å². The molecule has 0 heterocycles. The number of hydrogen-bond acceptors (Lipinski definition) is 0. The highest BCUT2D eigenvalue weighted by Crippen LogP contribution is 2.46. The monoisotopic (exact) mass is 338 g/mol. The Morgan fingerprint density at radius 1 is 0.920 bits per heavy atom. The van der Waals surface area contributed by atoms with Gasteiger partial charge in [0.2, 0.25) is 0 Å². The first-order chi connectivity index (χ1) is 12.2. The largest absolute Gasteiger partial charge is 0.0871 e. The van der Waals surface area contributed by atoms with E-state index in [4.69, 9.17) is 0 Å². The molecular formula is C25H38. The van der Waals surface area contributed by atoms with E-state index in [0.29, 0.717) is 0 Å². The van der Waals surface area contributed by atoms with Crippen LogP contribution in [-0.4, -0.2) is 0 Å². The highest BCUT2D eigenvalue weighted by Gasteiger charge is 2.34. The van der Waals surface area contributed by atoms with Crippen LogP contribution in [0.3, 0.4) is 0 Å². The van der Waals surface area contributed by atoms with Gasteiger partial charge in [0.05, 0.1) is 0 Å². The van der Waals surface area contributed by atoms with Crippen LogP contribution >= 0.6 is 0 Å². The first-order valence-electron chi connectivity index (χ1n) is 10.9. The highest BCUT2D eigenvalue weighted by atomic mass is 14.4. The van der Waals surface area contributed by atoms with Crippen LogP contribution in [-0.2, 0) is 0 Å². The van der Waals surface area contributed by atoms with Crippen LogP contribution in [0.2, 0.25) is 0 Å². The molecule has 1 aromatic carbocycles. The maximum absolute atomic E-state index is 2.50. The lowest BCUT2D eigenvalue weighted by Crippen LogP contribution is -2.29. The molecule has 2 aliphatic rings. The van der Waals surface area contributed by atoms with Crippen molar-refractivity contribution in [3.8, 4) is 0 Å². The lowest BCUT2D eigenvalue weighted by molar-refractivity contribution is 0.113. The van der Waals surface area contributed by atoms with E-state index in [1.54, 1.807) is 5.56 Å². The first kappa shape index (κ1) is 18.7. The molecule has 25 heavy (non-hydrogen) atoms. The molecule has 3 rings (SSSR count). The summed E-state index contributed by atoms with van der Waals surface area (Å²) >= 11 is 0. The topological polar surface area (TPSA) is 0 Å². The number of benzene rings is 1. The third-order valence-corrected chi connectivity index (χ3v) is 7.27. The second-order valence-electron chi connectivity index (χ2n) is 8.88. The molecule has 0 aliphatic heterocycles. The Bertz CT molecular complexity index is 530. The molecule has 0 heteroatoms. The van der Waals surface area contributed by atoms with Gasteiger partial charge in [-0.2, -0.15) is 0 Å². The Morgan fingerprint density at radius 3 is 2.24 bits per heavy atom. The van der Waals surface area contributed by atoms with Gasteiger partial charge in [-0.15, -0.1) is 0 Å². The van der Waals surface area contributed by atoms with Crippen LogP contribution in [0.15, 0.2) is 30.3 Å². The van der Waals surface area contributed by atoms with E-state index < -0.39 is 0 Å². The molecule has 0 nitrogen and oxygen atoms in total. The second kappa shape index (κ2) is 9.06. The van der Waals surface area contributed by atoms with Crippen molar-refractivity contribution in [1.82, 2.24) is 0 Å². The maximum Gasteiger partial charge on any atom is -0.0162 e. The molecule has 2 saturated carbocycles. The minimum atomic E-state index is 0.810. The summed E-state index contributed by atoms with van der Waals surface area (Å²) in [4.78, 5) is 0. The summed E-state index contributed by atoms with van der Waals surface area (Å²) < 4.78 is 0. The summed E-state index contributed by atoms with van der Waals surface area (Å²) in [5.74, 6) is 4.85. The van der Waals surface area contributed by atoms with Crippen LogP contribution in [0.1, 0.15) is 95.6 Å². The summed E-state index contributed by atoms with van der Waals surface area (Å²) in [5, 5.41) is 0. The van der Waals surface area contributed by atoms with Gasteiger partial charge in [0.1, 0.15) is 0 Å². The van der Waals surface area contributed by atoms with Crippen LogP contribution in [0, 0.1) is 23.7 Å². The summed E-state index contributed by atoms with van der Waals surface area (Å²) in [6, 6.07) is 9.33. The standard InChI is InChI=1S/C25H38/c1-4-6-20-9-12-21(13-10-20)22-14-16-23(17-15-22)25-11-8-19(3)24(18-25)7-5-2/h4,6,9-10,12-13,19,22-25H,5,7-8,11,14-18H2,1-3H3. The predicted octanol–water partition coefficient (Wildman–Crippen LogP) is 7.85. The molecule has 3 atom stereocenters. The Kier molecular flexibility index (Phi) is 6.79. The normalized spacial score (nSPS) is 33.6. The third kappa shape index (κ3) is 4.78. The molecule has 1 aromatic rings. The average Bonchev–Trinajstić information content (AvgIpc) is 2.65. The maximum atomic E-state index is 2.50. The Hall–Kier alpha value is -1.04. The van der Waals surface area contributed by atoms with Crippen molar-refractivity contribution in [1.29, 1.82) is 0 Å². The SMILES string of the molecule is CC=Cc1ccc(C2CCC(C3CCC(C)C(CCC)C3)CC2)cc1. The van der Waals surface area contributed by atoms with Gasteiger partial charge in [0.15, 0.2) is 0 Å². The van der Waals surface area contributed by atoms with Crippen LogP contribution in [0.5, 0.6) is 0 Å². The van der Waals surface area contributed by atoms with Gasteiger partial charge in [-0.05, 0) is 86.2 Å². The van der Waals surface area contributed by atoms with Crippen molar-refractivity contribution in [3.05, 3.63) is 41.5 Å². The van der Waals surface area contributed by atoms with Gasteiger partial charge in [0, 0.05) is 0 Å². The molecule has 0 spiro atoms. The van der Waals surface area contributed by atoms with Crippen molar-refractivity contribution in [3.63, 3.8) is 0 Å². The molecule has 0 bridgehead atoms. The Morgan fingerprint density at radius 2 is 1.60 bits per heavy atom. The van der Waals surface area contributed by atoms with E-state index in [1.165, 1.54) is 63.4 Å². The number of hydrogen-bond donors (Lipinski definition) is 0. The molecule has 2 fully saturated rings. The quantitative estimate of drug-likeness (QED) is 0.513. The van der Waals surface area contributed by atoms with Crippen molar-refractivity contribution in [2.45, 2.75) is 84.5 Å². The van der Waals surface area contributed by atoms with E-state index in [9.17, 15) is 0 Å². The number of allylic oxidation sites excluding steroid dienone is 1. The first-order valence-corrected chi connectivity index (χ1v) is 10.9. The summed E-state index contributed by atoms with van der Waals surface area (Å²) in [7, 11) is 0. The van der Waals surface area contributed by atoms with Crippen LogP contribution in [0.25, 0.3) is 6.08 Å². The van der Waals surface area contributed by atoms with Crippen molar-refractivity contribution >= 4 is 6.08 Å². The van der Waals surface area contributed by atoms with Crippen molar-refractivity contribution < 1.29 is 0 Å². The van der Waals surface area contributed by atoms with Gasteiger partial charge in [-0.3, -0.25) is 0 Å².